The van der Waals surface area contributed by atoms with Crippen LogP contribution in [0.2, 0.25) is 0 Å². The molecule has 0 N–H and O–H groups in total. The highest BCUT2D eigenvalue weighted by Gasteiger charge is 2.48. The molecule has 0 bridgehead atoms. The highest BCUT2D eigenvalue weighted by molar-refractivity contribution is 5.98. The third-order valence-electron chi connectivity index (χ3n) is 7.76. The third kappa shape index (κ3) is 3.23. The van der Waals surface area contributed by atoms with Gasteiger partial charge < -0.3 is 0 Å². The van der Waals surface area contributed by atoms with Gasteiger partial charge in [0.15, 0.2) is 0 Å². The molecule has 6 aromatic rings. The van der Waals surface area contributed by atoms with Gasteiger partial charge in [-0.1, -0.05) is 158 Å². The molecule has 0 aromatic heterocycles. The predicted octanol–water partition coefficient (Wildman–Crippen LogP) is 9.38. The minimum Gasteiger partial charge on any atom is -0.0622 e. The molecular weight excluding hydrogens is 444 g/mol. The Kier molecular flexibility index (Phi) is 5.11. The van der Waals surface area contributed by atoms with Crippen LogP contribution in [0, 0.1) is 0 Å². The summed E-state index contributed by atoms with van der Waals surface area (Å²) in [5.41, 5.74) is 12.5. The van der Waals surface area contributed by atoms with Gasteiger partial charge in [-0.2, -0.15) is 0 Å². The minimum absolute atomic E-state index is 0.440. The van der Waals surface area contributed by atoms with Gasteiger partial charge in [-0.05, 0) is 55.6 Å². The lowest BCUT2D eigenvalue weighted by molar-refractivity contribution is 0.770. The molecule has 0 aliphatic heterocycles. The van der Waals surface area contributed by atoms with E-state index in [1.165, 1.54) is 55.6 Å². The molecule has 6 aromatic carbocycles. The lowest BCUT2D eigenvalue weighted by Gasteiger charge is -2.36. The van der Waals surface area contributed by atoms with E-state index in [0.717, 1.165) is 0 Å². The zero-order valence-corrected chi connectivity index (χ0v) is 20.5. The average molecular weight is 471 g/mol. The van der Waals surface area contributed by atoms with Crippen molar-refractivity contribution < 1.29 is 0 Å². The van der Waals surface area contributed by atoms with Gasteiger partial charge in [0.25, 0.3) is 0 Å². The minimum atomic E-state index is -0.440. The number of hydrogen-bond donors (Lipinski definition) is 0. The molecule has 0 amide bonds. The number of benzene rings is 6. The lowest BCUT2D eigenvalue weighted by Crippen LogP contribution is -2.29. The Morgan fingerprint density at radius 2 is 0.784 bits per heavy atom. The van der Waals surface area contributed by atoms with Crippen LogP contribution in [0.25, 0.3) is 33.4 Å². The summed E-state index contributed by atoms with van der Waals surface area (Å²) in [7, 11) is 0. The van der Waals surface area contributed by atoms with Crippen LogP contribution < -0.4 is 0 Å². The van der Waals surface area contributed by atoms with E-state index >= 15 is 0 Å². The Balaban J connectivity index is 1.72. The van der Waals surface area contributed by atoms with Gasteiger partial charge in [0.05, 0.1) is 5.41 Å². The summed E-state index contributed by atoms with van der Waals surface area (Å²) in [6.07, 6.45) is 0. The molecular formula is C37H26. The predicted molar refractivity (Wildman–Crippen MR) is 155 cm³/mol. The van der Waals surface area contributed by atoms with Gasteiger partial charge in [-0.15, -0.1) is 0 Å². The summed E-state index contributed by atoms with van der Waals surface area (Å²) in [6.45, 7) is 0. The van der Waals surface area contributed by atoms with Crippen LogP contribution in [0.3, 0.4) is 0 Å². The summed E-state index contributed by atoms with van der Waals surface area (Å²) in [6, 6.07) is 57.4. The zero-order valence-electron chi connectivity index (χ0n) is 20.5. The Bertz CT molecular complexity index is 1640. The first kappa shape index (κ1) is 21.6. The molecule has 0 saturated carbocycles. The molecule has 0 heterocycles. The van der Waals surface area contributed by atoms with Crippen molar-refractivity contribution >= 4 is 0 Å². The van der Waals surface area contributed by atoms with E-state index in [-0.39, 0.29) is 0 Å². The molecule has 0 atom stereocenters. The fourth-order valence-electron chi connectivity index (χ4n) is 6.30. The summed E-state index contributed by atoms with van der Waals surface area (Å²) >= 11 is 0. The van der Waals surface area contributed by atoms with Crippen LogP contribution >= 0.6 is 0 Å². The van der Waals surface area contributed by atoms with E-state index in [1.807, 2.05) is 0 Å². The van der Waals surface area contributed by atoms with Crippen molar-refractivity contribution in [3.8, 4) is 33.4 Å². The van der Waals surface area contributed by atoms with Gasteiger partial charge in [-0.3, -0.25) is 0 Å². The third-order valence-corrected chi connectivity index (χ3v) is 7.76. The molecule has 0 heteroatoms. The summed E-state index contributed by atoms with van der Waals surface area (Å²) in [5, 5.41) is 0. The van der Waals surface area contributed by atoms with Crippen molar-refractivity contribution in [2.75, 3.05) is 0 Å². The monoisotopic (exact) mass is 470 g/mol. The second-order valence-electron chi connectivity index (χ2n) is 9.67. The second-order valence-corrected chi connectivity index (χ2v) is 9.67. The van der Waals surface area contributed by atoms with Crippen molar-refractivity contribution in [2.45, 2.75) is 5.41 Å². The maximum Gasteiger partial charge on any atom is 0.0719 e. The number of rotatable bonds is 4. The maximum absolute atomic E-state index is 2.34. The molecule has 1 aliphatic rings. The first-order valence-corrected chi connectivity index (χ1v) is 12.9. The highest BCUT2D eigenvalue weighted by Crippen LogP contribution is 2.60. The van der Waals surface area contributed by atoms with Crippen LogP contribution in [0.4, 0.5) is 0 Å². The number of hydrogen-bond acceptors (Lipinski definition) is 0. The van der Waals surface area contributed by atoms with Crippen LogP contribution in [0.5, 0.6) is 0 Å². The highest BCUT2D eigenvalue weighted by atomic mass is 14.5. The Hall–Kier alpha value is -4.68. The van der Waals surface area contributed by atoms with Crippen LogP contribution in [-0.2, 0) is 5.41 Å². The standard InChI is InChI=1S/C37H26/c1-5-15-27(16-6-1)31-25-26-33-32-23-13-14-24-34(32)37(29-19-9-3-10-20-29,30-21-11-4-12-22-30)36(33)35(31)28-17-7-2-8-18-28/h1-26H. The van der Waals surface area contributed by atoms with E-state index < -0.39 is 5.41 Å². The first-order valence-electron chi connectivity index (χ1n) is 12.9. The topological polar surface area (TPSA) is 0 Å². The molecule has 0 fully saturated rings. The van der Waals surface area contributed by atoms with Crippen molar-refractivity contribution in [3.63, 3.8) is 0 Å². The van der Waals surface area contributed by atoms with Crippen molar-refractivity contribution in [1.29, 1.82) is 0 Å². The Morgan fingerprint density at radius 1 is 0.324 bits per heavy atom. The average Bonchev–Trinajstić information content (AvgIpc) is 3.30. The van der Waals surface area contributed by atoms with Gasteiger partial charge in [0.1, 0.15) is 0 Å². The molecule has 37 heavy (non-hydrogen) atoms. The van der Waals surface area contributed by atoms with E-state index in [2.05, 4.69) is 158 Å². The molecule has 1 aliphatic carbocycles. The summed E-state index contributed by atoms with van der Waals surface area (Å²) in [4.78, 5) is 0. The fraction of sp³-hybridized carbons (Fsp3) is 0.0270. The largest absolute Gasteiger partial charge is 0.0719 e. The molecule has 0 unspecified atom stereocenters. The van der Waals surface area contributed by atoms with E-state index in [4.69, 9.17) is 0 Å². The van der Waals surface area contributed by atoms with E-state index in [9.17, 15) is 0 Å². The van der Waals surface area contributed by atoms with Crippen LogP contribution in [0.1, 0.15) is 22.3 Å². The summed E-state index contributed by atoms with van der Waals surface area (Å²) in [5.74, 6) is 0. The smallest absolute Gasteiger partial charge is 0.0622 e. The van der Waals surface area contributed by atoms with Crippen molar-refractivity contribution in [2.24, 2.45) is 0 Å². The first-order chi connectivity index (χ1) is 18.4. The quantitative estimate of drug-likeness (QED) is 0.240. The zero-order chi connectivity index (χ0) is 24.7. The van der Waals surface area contributed by atoms with Gasteiger partial charge in [0, 0.05) is 0 Å². The van der Waals surface area contributed by atoms with Crippen LogP contribution in [-0.4, -0.2) is 0 Å². The molecule has 0 radical (unpaired) electrons. The van der Waals surface area contributed by atoms with E-state index in [1.54, 1.807) is 0 Å². The van der Waals surface area contributed by atoms with Gasteiger partial charge >= 0.3 is 0 Å². The molecule has 0 saturated heterocycles. The van der Waals surface area contributed by atoms with E-state index in [0.29, 0.717) is 0 Å². The number of fused-ring (bicyclic) bond motifs is 3. The molecule has 7 rings (SSSR count). The molecule has 0 spiro atoms. The van der Waals surface area contributed by atoms with Gasteiger partial charge in [-0.25, -0.2) is 0 Å². The Morgan fingerprint density at radius 3 is 1.38 bits per heavy atom. The normalized spacial score (nSPS) is 13.1. The second kappa shape index (κ2) is 8.76. The lowest BCUT2D eigenvalue weighted by atomic mass is 9.65. The molecule has 0 nitrogen and oxygen atoms in total. The maximum atomic E-state index is 2.34. The molecule has 174 valence electrons. The fourth-order valence-corrected chi connectivity index (χ4v) is 6.30. The van der Waals surface area contributed by atoms with Crippen LogP contribution in [0.15, 0.2) is 158 Å². The van der Waals surface area contributed by atoms with Crippen molar-refractivity contribution in [3.05, 3.63) is 180 Å². The summed E-state index contributed by atoms with van der Waals surface area (Å²) < 4.78 is 0. The Labute approximate surface area is 218 Å². The van der Waals surface area contributed by atoms with Gasteiger partial charge in [0.2, 0.25) is 0 Å². The SMILES string of the molecule is c1ccc(-c2ccc3c(c2-c2ccccc2)C(c2ccccc2)(c2ccccc2)c2ccccc2-3)cc1. The van der Waals surface area contributed by atoms with Crippen molar-refractivity contribution in [1.82, 2.24) is 0 Å².